The van der Waals surface area contributed by atoms with Crippen molar-refractivity contribution in [1.29, 1.82) is 0 Å². The van der Waals surface area contributed by atoms with Gasteiger partial charge in [-0.25, -0.2) is 9.78 Å². The molecule has 0 radical (unpaired) electrons. The summed E-state index contributed by atoms with van der Waals surface area (Å²) in [4.78, 5) is 108. The summed E-state index contributed by atoms with van der Waals surface area (Å²) in [5, 5.41) is 41.8. The van der Waals surface area contributed by atoms with E-state index in [9.17, 15) is 67.5 Å². The lowest BCUT2D eigenvalue weighted by Crippen LogP contribution is -2.41. The van der Waals surface area contributed by atoms with Crippen LogP contribution < -0.4 is 10.6 Å². The van der Waals surface area contributed by atoms with E-state index in [-0.39, 0.29) is 66.6 Å². The molecule has 57 heavy (non-hydrogen) atoms. The smallest absolute Gasteiger partial charge is 0.328 e. The number of carbonyl (C=O) groups is 8. The molecule has 1 heterocycles. The number of carboxylic acids is 4. The normalized spacial score (nSPS) is 13.7. The van der Waals surface area contributed by atoms with Crippen molar-refractivity contribution in [2.24, 2.45) is 11.8 Å². The fraction of sp³-hybridized carbons (Fsp3) is 0.639. The van der Waals surface area contributed by atoms with Crippen LogP contribution in [0, 0.1) is 17.8 Å². The van der Waals surface area contributed by atoms with Crippen LogP contribution in [0.3, 0.4) is 0 Å². The fourth-order valence-electron chi connectivity index (χ4n) is 5.52. The molecule has 21 heteroatoms. The van der Waals surface area contributed by atoms with Crippen molar-refractivity contribution in [2.45, 2.75) is 115 Å². The number of nitrogens with zero attached hydrogens (tertiary/aromatic N) is 1. The van der Waals surface area contributed by atoms with Crippen molar-refractivity contribution in [2.75, 3.05) is 19.3 Å². The number of Topliss-reactive ketones (excluding diaryl/α,β-unsaturated/α-hetero) is 2. The molecule has 1 rings (SSSR count). The Balaban J connectivity index is 2.27. The lowest BCUT2D eigenvalue weighted by Gasteiger charge is -2.18. The topological polar surface area (TPSA) is 301 Å². The summed E-state index contributed by atoms with van der Waals surface area (Å²) < 4.78 is 30.3. The summed E-state index contributed by atoms with van der Waals surface area (Å²) >= 11 is 5.66. The molecular formula is C36H52ClFN3O15P. The van der Waals surface area contributed by atoms with Gasteiger partial charge >= 0.3 is 31.5 Å². The molecule has 0 aliphatic carbocycles. The second-order valence-electron chi connectivity index (χ2n) is 13.5. The fourth-order valence-corrected chi connectivity index (χ4v) is 7.10. The Morgan fingerprint density at radius 1 is 0.754 bits per heavy atom. The van der Waals surface area contributed by atoms with Crippen LogP contribution in [0.1, 0.15) is 120 Å². The third kappa shape index (κ3) is 23.5. The Labute approximate surface area is 333 Å². The highest BCUT2D eigenvalue weighted by molar-refractivity contribution is 7.52. The van der Waals surface area contributed by atoms with E-state index in [1.165, 1.54) is 6.07 Å². The molecule has 0 bridgehead atoms. The van der Waals surface area contributed by atoms with Crippen molar-refractivity contribution in [1.82, 2.24) is 15.6 Å². The zero-order valence-electron chi connectivity index (χ0n) is 31.5. The van der Waals surface area contributed by atoms with Gasteiger partial charge < -0.3 is 40.5 Å². The van der Waals surface area contributed by atoms with Gasteiger partial charge in [0.25, 0.3) is 0 Å². The van der Waals surface area contributed by atoms with E-state index < -0.39 is 93.2 Å². The predicted molar refractivity (Wildman–Crippen MR) is 200 cm³/mol. The molecule has 320 valence electrons. The third-order valence-corrected chi connectivity index (χ3v) is 10.5. The molecule has 0 aromatic carbocycles. The lowest BCUT2D eigenvalue weighted by molar-refractivity contribution is -0.145. The van der Waals surface area contributed by atoms with Crippen molar-refractivity contribution >= 4 is 66.5 Å². The van der Waals surface area contributed by atoms with Crippen molar-refractivity contribution in [3.05, 3.63) is 28.8 Å². The van der Waals surface area contributed by atoms with Crippen LogP contribution in [-0.4, -0.2) is 103 Å². The molecule has 1 aromatic rings. The summed E-state index contributed by atoms with van der Waals surface area (Å²) in [5.41, 5.74) is 0.246. The van der Waals surface area contributed by atoms with E-state index in [1.807, 2.05) is 0 Å². The zero-order chi connectivity index (χ0) is 43.0. The summed E-state index contributed by atoms with van der Waals surface area (Å²) in [6.45, 7) is -0.0691. The Morgan fingerprint density at radius 3 is 1.98 bits per heavy atom. The number of aliphatic carboxylic acids is 4. The van der Waals surface area contributed by atoms with Crippen LogP contribution >= 0.6 is 19.2 Å². The summed E-state index contributed by atoms with van der Waals surface area (Å²) in [7, 11) is -4.47. The number of carboxylic acid groups (broad SMARTS) is 4. The molecule has 0 saturated heterocycles. The molecule has 0 saturated carbocycles. The maximum Gasteiger partial charge on any atom is 0.328 e. The first kappa shape index (κ1) is 50.7. The molecule has 7 N–H and O–H groups in total. The molecule has 0 aliphatic heterocycles. The number of nitrogens with one attached hydrogen (secondary N) is 2. The molecule has 2 amide bonds. The quantitative estimate of drug-likeness (QED) is 0.0219. The van der Waals surface area contributed by atoms with Gasteiger partial charge in [-0.05, 0) is 57.4 Å². The van der Waals surface area contributed by atoms with Crippen LogP contribution in [0.15, 0.2) is 12.3 Å². The molecule has 0 fully saturated rings. The Bertz CT molecular complexity index is 1600. The van der Waals surface area contributed by atoms with Gasteiger partial charge in [0, 0.05) is 56.8 Å². The number of rotatable bonds is 33. The van der Waals surface area contributed by atoms with E-state index in [0.29, 0.717) is 45.1 Å². The maximum atomic E-state index is 13.2. The van der Waals surface area contributed by atoms with Crippen LogP contribution in [0.2, 0.25) is 5.02 Å². The highest BCUT2D eigenvalue weighted by Gasteiger charge is 2.31. The monoisotopic (exact) mass is 851 g/mol. The second kappa shape index (κ2) is 27.3. The minimum Gasteiger partial charge on any atom is -0.481 e. The minimum atomic E-state index is -4.47. The van der Waals surface area contributed by atoms with Crippen molar-refractivity contribution < 1.29 is 77.2 Å². The first-order chi connectivity index (χ1) is 26.8. The summed E-state index contributed by atoms with van der Waals surface area (Å²) in [6, 6.07) is -0.213. The van der Waals surface area contributed by atoms with E-state index in [2.05, 4.69) is 15.6 Å². The number of hydrogen-bond donors (Lipinski definition) is 7. The lowest BCUT2D eigenvalue weighted by atomic mass is 9.94. The molecule has 0 aliphatic rings. The van der Waals surface area contributed by atoms with Gasteiger partial charge in [-0.2, -0.15) is 4.39 Å². The number of halogens is 2. The Kier molecular flexibility index (Phi) is 24.3. The minimum absolute atomic E-state index is 0.0976. The van der Waals surface area contributed by atoms with Gasteiger partial charge in [0.05, 0.1) is 29.6 Å². The molecule has 18 nitrogen and oxygen atoms in total. The van der Waals surface area contributed by atoms with Crippen LogP contribution in [0.4, 0.5) is 4.39 Å². The largest absolute Gasteiger partial charge is 0.481 e. The van der Waals surface area contributed by atoms with Gasteiger partial charge in [-0.1, -0.05) is 30.9 Å². The average molecular weight is 852 g/mol. The Hall–Kier alpha value is -4.32. The van der Waals surface area contributed by atoms with E-state index >= 15 is 0 Å². The van der Waals surface area contributed by atoms with Crippen LogP contribution in [0.25, 0.3) is 0 Å². The number of ketones is 2. The summed E-state index contributed by atoms with van der Waals surface area (Å²) in [6.07, 6.45) is 3.03. The first-order valence-corrected chi connectivity index (χ1v) is 20.7. The number of hydrogen-bond acceptors (Lipinski definition) is 11. The molecule has 1 unspecified atom stereocenters. The summed E-state index contributed by atoms with van der Waals surface area (Å²) in [5.74, 6) is -10.4. The van der Waals surface area contributed by atoms with E-state index in [0.717, 1.165) is 19.0 Å². The van der Waals surface area contributed by atoms with Gasteiger partial charge in [0.15, 0.2) is 5.78 Å². The number of pyridine rings is 1. The van der Waals surface area contributed by atoms with E-state index in [1.54, 1.807) is 0 Å². The van der Waals surface area contributed by atoms with Gasteiger partial charge in [0.1, 0.15) is 11.8 Å². The number of unbranched alkanes of at least 4 members (excludes halogenated alkanes) is 5. The highest BCUT2D eigenvalue weighted by atomic mass is 35.5. The van der Waals surface area contributed by atoms with E-state index in [4.69, 9.17) is 21.2 Å². The van der Waals surface area contributed by atoms with Gasteiger partial charge in [-0.15, -0.1) is 0 Å². The average Bonchev–Trinajstić information content (AvgIpc) is 3.13. The molecule has 4 atom stereocenters. The van der Waals surface area contributed by atoms with Crippen LogP contribution in [0.5, 0.6) is 0 Å². The molecule has 1 aromatic heterocycles. The number of carbonyl (C=O) groups excluding carboxylic acids is 4. The highest BCUT2D eigenvalue weighted by Crippen LogP contribution is 2.44. The predicted octanol–water partition coefficient (Wildman–Crippen LogP) is 4.63. The standard InChI is InChI=1S/C36H52ClFN3O15P/c37-27-20-25(21-40-33(27)38)29(43)11-5-1-2-6-12-30(44)39-17-7-3-4-9-26(42)19-23(34(48)49)13-15-31(45)41-28(36(52)53)10-8-18-56-57(54,55)22-24(35(50)51)14-16-32(46)47/h20-21,23-24,28H,1-19,22H2,(H,39,44)(H,41,45)(H,46,47)(H,48,49)(H,50,51)(H,52,53)(H,54,55)/t23-,24-,28+/m1/s1. The third-order valence-electron chi connectivity index (χ3n) is 8.74. The van der Waals surface area contributed by atoms with Gasteiger partial charge in [0.2, 0.25) is 17.8 Å². The molecular weight excluding hydrogens is 800 g/mol. The van der Waals surface area contributed by atoms with Gasteiger partial charge in [-0.3, -0.25) is 38.1 Å². The SMILES string of the molecule is O=C(O)CC[C@H](CP(=O)(O)OCCC[C@H](NC(=O)CC[C@H](CC(=O)CCCCCNC(=O)CCCCCCC(=O)c1cnc(F)c(Cl)c1)C(=O)O)C(=O)O)C(=O)O. The van der Waals surface area contributed by atoms with Crippen molar-refractivity contribution in [3.8, 4) is 0 Å². The zero-order valence-corrected chi connectivity index (χ0v) is 33.1. The van der Waals surface area contributed by atoms with Crippen LogP contribution in [-0.2, 0) is 42.7 Å². The second-order valence-corrected chi connectivity index (χ2v) is 15.8. The van der Waals surface area contributed by atoms with Crippen molar-refractivity contribution in [3.63, 3.8) is 0 Å². The Morgan fingerprint density at radius 2 is 1.37 bits per heavy atom. The number of aromatic nitrogens is 1. The molecule has 0 spiro atoms. The maximum absolute atomic E-state index is 13.2. The first-order valence-electron chi connectivity index (χ1n) is 18.6. The number of amides is 2.